The standard InChI is InChI=1S/C15H18F4N2/c16-13-8-7-11(15(17,18)19)9-12(13)14(21-20)10-5-3-1-2-4-6-10/h5,7-9,14,21H,1-4,6,20H2. The van der Waals surface area contributed by atoms with Crippen molar-refractivity contribution < 1.29 is 17.6 Å². The fraction of sp³-hybridized carbons (Fsp3) is 0.467. The Morgan fingerprint density at radius 1 is 1.14 bits per heavy atom. The third-order valence-corrected chi connectivity index (χ3v) is 3.75. The van der Waals surface area contributed by atoms with Crippen molar-refractivity contribution in [2.24, 2.45) is 5.84 Å². The molecule has 1 atom stereocenters. The minimum Gasteiger partial charge on any atom is -0.271 e. The zero-order valence-corrected chi connectivity index (χ0v) is 11.5. The van der Waals surface area contributed by atoms with Crippen molar-refractivity contribution in [3.05, 3.63) is 46.8 Å². The Kier molecular flexibility index (Phi) is 5.00. The molecule has 0 fully saturated rings. The molecule has 0 saturated carbocycles. The van der Waals surface area contributed by atoms with Gasteiger partial charge >= 0.3 is 6.18 Å². The highest BCUT2D eigenvalue weighted by atomic mass is 19.4. The topological polar surface area (TPSA) is 38.0 Å². The fourth-order valence-electron chi connectivity index (χ4n) is 2.64. The smallest absolute Gasteiger partial charge is 0.271 e. The van der Waals surface area contributed by atoms with E-state index in [1.807, 2.05) is 6.08 Å². The van der Waals surface area contributed by atoms with Gasteiger partial charge in [-0.15, -0.1) is 0 Å². The predicted octanol–water partition coefficient (Wildman–Crippen LogP) is 4.24. The van der Waals surface area contributed by atoms with Crippen LogP contribution in [-0.4, -0.2) is 0 Å². The van der Waals surface area contributed by atoms with Crippen molar-refractivity contribution in [1.29, 1.82) is 0 Å². The number of allylic oxidation sites excluding steroid dienone is 1. The molecule has 0 aliphatic heterocycles. The summed E-state index contributed by atoms with van der Waals surface area (Å²) < 4.78 is 52.3. The maximum Gasteiger partial charge on any atom is 0.416 e. The summed E-state index contributed by atoms with van der Waals surface area (Å²) in [6.45, 7) is 0. The average molecular weight is 302 g/mol. The van der Waals surface area contributed by atoms with Crippen LogP contribution in [0.1, 0.15) is 49.3 Å². The second-order valence-corrected chi connectivity index (χ2v) is 5.21. The van der Waals surface area contributed by atoms with E-state index >= 15 is 0 Å². The van der Waals surface area contributed by atoms with Crippen molar-refractivity contribution in [3.63, 3.8) is 0 Å². The lowest BCUT2D eigenvalue weighted by Gasteiger charge is -2.21. The van der Waals surface area contributed by atoms with E-state index in [9.17, 15) is 17.6 Å². The maximum absolute atomic E-state index is 14.0. The molecule has 2 rings (SSSR count). The lowest BCUT2D eigenvalue weighted by atomic mass is 9.94. The van der Waals surface area contributed by atoms with E-state index in [0.717, 1.165) is 49.5 Å². The SMILES string of the molecule is NNC(C1=CCCCCC1)c1cc(C(F)(F)F)ccc1F. The Hall–Kier alpha value is -1.40. The van der Waals surface area contributed by atoms with E-state index in [4.69, 9.17) is 5.84 Å². The molecule has 1 aliphatic rings. The maximum atomic E-state index is 14.0. The molecule has 6 heteroatoms. The first-order valence-electron chi connectivity index (χ1n) is 6.95. The van der Waals surface area contributed by atoms with Crippen molar-refractivity contribution in [1.82, 2.24) is 5.43 Å². The van der Waals surface area contributed by atoms with E-state index < -0.39 is 23.6 Å². The molecule has 2 nitrogen and oxygen atoms in total. The number of hydrogen-bond acceptors (Lipinski definition) is 2. The van der Waals surface area contributed by atoms with Crippen LogP contribution in [-0.2, 0) is 6.18 Å². The number of alkyl halides is 3. The third-order valence-electron chi connectivity index (χ3n) is 3.75. The number of nitrogens with two attached hydrogens (primary N) is 1. The first-order valence-corrected chi connectivity index (χ1v) is 6.95. The molecule has 0 aromatic heterocycles. The van der Waals surface area contributed by atoms with E-state index in [1.54, 1.807) is 0 Å². The molecule has 0 bridgehead atoms. The van der Waals surface area contributed by atoms with Crippen LogP contribution in [0.25, 0.3) is 0 Å². The minimum atomic E-state index is -4.50. The molecule has 1 unspecified atom stereocenters. The highest BCUT2D eigenvalue weighted by Gasteiger charge is 2.32. The highest BCUT2D eigenvalue weighted by molar-refractivity contribution is 5.34. The van der Waals surface area contributed by atoms with Crippen LogP contribution in [0.5, 0.6) is 0 Å². The zero-order chi connectivity index (χ0) is 15.5. The number of rotatable bonds is 3. The molecular formula is C15H18F4N2. The van der Waals surface area contributed by atoms with Gasteiger partial charge in [-0.1, -0.05) is 18.1 Å². The van der Waals surface area contributed by atoms with Crippen LogP contribution in [0.3, 0.4) is 0 Å². The van der Waals surface area contributed by atoms with E-state index in [0.29, 0.717) is 6.42 Å². The summed E-state index contributed by atoms with van der Waals surface area (Å²) in [5, 5.41) is 0. The van der Waals surface area contributed by atoms with Crippen LogP contribution in [0.4, 0.5) is 17.6 Å². The van der Waals surface area contributed by atoms with Gasteiger partial charge in [0.25, 0.3) is 0 Å². The monoisotopic (exact) mass is 302 g/mol. The van der Waals surface area contributed by atoms with Crippen LogP contribution < -0.4 is 11.3 Å². The molecule has 21 heavy (non-hydrogen) atoms. The summed E-state index contributed by atoms with van der Waals surface area (Å²) in [4.78, 5) is 0. The lowest BCUT2D eigenvalue weighted by molar-refractivity contribution is -0.137. The highest BCUT2D eigenvalue weighted by Crippen LogP contribution is 2.35. The van der Waals surface area contributed by atoms with Gasteiger partial charge in [0.2, 0.25) is 0 Å². The van der Waals surface area contributed by atoms with E-state index in [2.05, 4.69) is 5.43 Å². The van der Waals surface area contributed by atoms with Crippen LogP contribution in [0.15, 0.2) is 29.8 Å². The summed E-state index contributed by atoms with van der Waals surface area (Å²) in [7, 11) is 0. The Balaban J connectivity index is 2.39. The number of halogens is 4. The molecule has 116 valence electrons. The molecule has 0 spiro atoms. The third kappa shape index (κ3) is 3.83. The Morgan fingerprint density at radius 2 is 1.90 bits per heavy atom. The van der Waals surface area contributed by atoms with Gasteiger partial charge in [0.1, 0.15) is 5.82 Å². The fourth-order valence-corrected chi connectivity index (χ4v) is 2.64. The minimum absolute atomic E-state index is 0.0551. The largest absolute Gasteiger partial charge is 0.416 e. The van der Waals surface area contributed by atoms with Crippen LogP contribution in [0, 0.1) is 5.82 Å². The summed E-state index contributed by atoms with van der Waals surface area (Å²) in [6.07, 6.45) is 2.04. The normalized spacial score (nSPS) is 18.0. The Morgan fingerprint density at radius 3 is 2.57 bits per heavy atom. The summed E-state index contributed by atoms with van der Waals surface area (Å²) in [5.41, 5.74) is 2.39. The number of benzene rings is 1. The van der Waals surface area contributed by atoms with Crippen molar-refractivity contribution in [2.75, 3.05) is 0 Å². The van der Waals surface area contributed by atoms with Gasteiger partial charge in [-0.25, -0.2) is 9.82 Å². The molecule has 0 amide bonds. The molecular weight excluding hydrogens is 284 g/mol. The molecule has 0 radical (unpaired) electrons. The number of hydrogen-bond donors (Lipinski definition) is 2. The number of hydrazine groups is 1. The van der Waals surface area contributed by atoms with Gasteiger partial charge in [-0.3, -0.25) is 5.84 Å². The van der Waals surface area contributed by atoms with Crippen molar-refractivity contribution in [2.45, 2.75) is 44.3 Å². The Labute approximate surface area is 121 Å². The predicted molar refractivity (Wildman–Crippen MR) is 72.6 cm³/mol. The summed E-state index contributed by atoms with van der Waals surface area (Å²) in [5.74, 6) is 4.79. The van der Waals surface area contributed by atoms with Gasteiger partial charge in [-0.2, -0.15) is 13.2 Å². The van der Waals surface area contributed by atoms with Gasteiger partial charge in [0.05, 0.1) is 11.6 Å². The molecule has 3 N–H and O–H groups in total. The molecule has 1 aliphatic carbocycles. The van der Waals surface area contributed by atoms with Crippen molar-refractivity contribution in [3.8, 4) is 0 Å². The van der Waals surface area contributed by atoms with Crippen molar-refractivity contribution >= 4 is 0 Å². The Bertz CT molecular complexity index is 523. The van der Waals surface area contributed by atoms with Gasteiger partial charge in [0, 0.05) is 5.56 Å². The summed E-state index contributed by atoms with van der Waals surface area (Å²) in [6, 6.07) is 1.71. The van der Waals surface area contributed by atoms with E-state index in [-0.39, 0.29) is 5.56 Å². The van der Waals surface area contributed by atoms with E-state index in [1.165, 1.54) is 0 Å². The first kappa shape index (κ1) is 16.0. The van der Waals surface area contributed by atoms with Gasteiger partial charge in [0.15, 0.2) is 0 Å². The number of nitrogens with one attached hydrogen (secondary N) is 1. The molecule has 0 heterocycles. The first-order chi connectivity index (χ1) is 9.93. The average Bonchev–Trinajstić information content (AvgIpc) is 2.69. The van der Waals surface area contributed by atoms with Gasteiger partial charge < -0.3 is 0 Å². The van der Waals surface area contributed by atoms with Crippen LogP contribution >= 0.6 is 0 Å². The second kappa shape index (κ2) is 6.58. The lowest BCUT2D eigenvalue weighted by Crippen LogP contribution is -2.30. The molecule has 1 aromatic carbocycles. The zero-order valence-electron chi connectivity index (χ0n) is 11.5. The van der Waals surface area contributed by atoms with Crippen LogP contribution in [0.2, 0.25) is 0 Å². The molecule has 1 aromatic rings. The second-order valence-electron chi connectivity index (χ2n) is 5.21. The molecule has 0 saturated heterocycles. The summed E-state index contributed by atoms with van der Waals surface area (Å²) >= 11 is 0. The van der Waals surface area contributed by atoms with Gasteiger partial charge in [-0.05, 0) is 43.9 Å². The quantitative estimate of drug-likeness (QED) is 0.379.